The van der Waals surface area contributed by atoms with Gasteiger partial charge < -0.3 is 9.26 Å². The first-order valence-corrected chi connectivity index (χ1v) is 7.33. The van der Waals surface area contributed by atoms with Gasteiger partial charge in [-0.1, -0.05) is 17.3 Å². The zero-order valence-corrected chi connectivity index (χ0v) is 12.8. The number of hydrogen-bond donors (Lipinski definition) is 1. The highest BCUT2D eigenvalue weighted by atomic mass is 32.1. The fourth-order valence-electron chi connectivity index (χ4n) is 1.93. The van der Waals surface area contributed by atoms with Crippen LogP contribution in [0, 0.1) is 6.92 Å². The highest BCUT2D eigenvalue weighted by molar-refractivity contribution is 7.15. The van der Waals surface area contributed by atoms with Crippen LogP contribution in [0.3, 0.4) is 0 Å². The Morgan fingerprint density at radius 2 is 2.18 bits per heavy atom. The van der Waals surface area contributed by atoms with Gasteiger partial charge in [-0.15, -0.1) is 11.3 Å². The number of aryl methyl sites for hydroxylation is 1. The molecule has 1 aromatic carbocycles. The average molecular weight is 315 g/mol. The molecule has 3 aromatic rings. The second kappa shape index (κ2) is 5.98. The van der Waals surface area contributed by atoms with Gasteiger partial charge in [-0.25, -0.2) is 4.98 Å². The van der Waals surface area contributed by atoms with E-state index in [1.165, 1.54) is 11.3 Å². The van der Waals surface area contributed by atoms with E-state index in [1.807, 2.05) is 31.2 Å². The van der Waals surface area contributed by atoms with Crippen molar-refractivity contribution in [3.8, 4) is 17.1 Å². The molecule has 0 spiro atoms. The fourth-order valence-corrected chi connectivity index (χ4v) is 2.59. The Morgan fingerprint density at radius 1 is 1.36 bits per heavy atom. The van der Waals surface area contributed by atoms with Crippen LogP contribution in [0.15, 0.2) is 41.1 Å². The standard InChI is InChI=1S/C15H13N3O3S/c1-9-8-16-15(22-9)17-14(19)11-7-13(21-18-11)10-5-3-4-6-12(10)20-2/h3-8H,1-2H3,(H,16,17,19). The number of benzene rings is 1. The molecular formula is C15H13N3O3S. The van der Waals surface area contributed by atoms with E-state index in [9.17, 15) is 4.79 Å². The van der Waals surface area contributed by atoms with E-state index in [1.54, 1.807) is 19.4 Å². The second-order valence-corrected chi connectivity index (χ2v) is 5.74. The van der Waals surface area contributed by atoms with Gasteiger partial charge in [0.25, 0.3) is 5.91 Å². The number of nitrogens with zero attached hydrogens (tertiary/aromatic N) is 2. The Kier molecular flexibility index (Phi) is 3.88. The van der Waals surface area contributed by atoms with E-state index < -0.39 is 0 Å². The molecule has 7 heteroatoms. The maximum atomic E-state index is 12.1. The van der Waals surface area contributed by atoms with Crippen molar-refractivity contribution in [2.45, 2.75) is 6.92 Å². The van der Waals surface area contributed by atoms with E-state index in [2.05, 4.69) is 15.5 Å². The molecule has 2 aromatic heterocycles. The van der Waals surface area contributed by atoms with Crippen LogP contribution in [-0.4, -0.2) is 23.2 Å². The summed E-state index contributed by atoms with van der Waals surface area (Å²) in [6.07, 6.45) is 1.70. The Labute approximate surface area is 130 Å². The first kappa shape index (κ1) is 14.3. The van der Waals surface area contributed by atoms with Crippen LogP contribution in [0.4, 0.5) is 5.13 Å². The van der Waals surface area contributed by atoms with E-state index in [0.717, 1.165) is 10.4 Å². The van der Waals surface area contributed by atoms with Crippen LogP contribution < -0.4 is 10.1 Å². The first-order chi connectivity index (χ1) is 10.7. The van der Waals surface area contributed by atoms with Crippen LogP contribution in [0.1, 0.15) is 15.4 Å². The lowest BCUT2D eigenvalue weighted by atomic mass is 10.1. The van der Waals surface area contributed by atoms with E-state index in [0.29, 0.717) is 16.6 Å². The lowest BCUT2D eigenvalue weighted by Gasteiger charge is -2.03. The van der Waals surface area contributed by atoms with Crippen molar-refractivity contribution in [3.63, 3.8) is 0 Å². The number of aromatic nitrogens is 2. The van der Waals surface area contributed by atoms with Gasteiger partial charge in [-0.05, 0) is 19.1 Å². The molecule has 0 radical (unpaired) electrons. The quantitative estimate of drug-likeness (QED) is 0.798. The summed E-state index contributed by atoms with van der Waals surface area (Å²) in [7, 11) is 1.58. The molecule has 0 saturated heterocycles. The van der Waals surface area contributed by atoms with Crippen LogP contribution in [0.2, 0.25) is 0 Å². The summed E-state index contributed by atoms with van der Waals surface area (Å²) in [4.78, 5) is 17.2. The average Bonchev–Trinajstić information content (AvgIpc) is 3.16. The molecule has 0 fully saturated rings. The number of carbonyl (C=O) groups is 1. The molecule has 0 aliphatic heterocycles. The fraction of sp³-hybridized carbons (Fsp3) is 0.133. The van der Waals surface area contributed by atoms with Crippen molar-refractivity contribution in [2.24, 2.45) is 0 Å². The maximum absolute atomic E-state index is 12.1. The number of amides is 1. The minimum atomic E-state index is -0.362. The number of anilines is 1. The van der Waals surface area contributed by atoms with Gasteiger partial charge in [0, 0.05) is 17.1 Å². The Hall–Kier alpha value is -2.67. The summed E-state index contributed by atoms with van der Waals surface area (Å²) in [6, 6.07) is 8.95. The molecule has 112 valence electrons. The minimum absolute atomic E-state index is 0.189. The van der Waals surface area contributed by atoms with Gasteiger partial charge in [0.1, 0.15) is 5.75 Å². The predicted octanol–water partition coefficient (Wildman–Crippen LogP) is 3.37. The van der Waals surface area contributed by atoms with E-state index in [4.69, 9.17) is 9.26 Å². The molecule has 2 heterocycles. The molecule has 3 rings (SSSR count). The Balaban J connectivity index is 1.82. The van der Waals surface area contributed by atoms with Crippen molar-refractivity contribution >= 4 is 22.4 Å². The molecule has 1 amide bonds. The van der Waals surface area contributed by atoms with Crippen LogP contribution in [0.25, 0.3) is 11.3 Å². The van der Waals surface area contributed by atoms with Gasteiger partial charge in [0.15, 0.2) is 16.6 Å². The molecule has 0 bridgehead atoms. The number of ether oxygens (including phenoxy) is 1. The van der Waals surface area contributed by atoms with E-state index in [-0.39, 0.29) is 11.6 Å². The number of hydrogen-bond acceptors (Lipinski definition) is 6. The number of nitrogens with one attached hydrogen (secondary N) is 1. The molecule has 6 nitrogen and oxygen atoms in total. The zero-order valence-electron chi connectivity index (χ0n) is 12.0. The molecule has 0 saturated carbocycles. The van der Waals surface area contributed by atoms with Gasteiger partial charge in [-0.2, -0.15) is 0 Å². The molecule has 0 unspecified atom stereocenters. The number of methoxy groups -OCH3 is 1. The summed E-state index contributed by atoms with van der Waals surface area (Å²) in [5.41, 5.74) is 0.926. The monoisotopic (exact) mass is 315 g/mol. The molecular weight excluding hydrogens is 302 g/mol. The smallest absolute Gasteiger partial charge is 0.279 e. The van der Waals surface area contributed by atoms with Crippen molar-refractivity contribution in [2.75, 3.05) is 12.4 Å². The second-order valence-electron chi connectivity index (χ2n) is 4.51. The molecule has 0 aliphatic rings. The normalized spacial score (nSPS) is 10.5. The predicted molar refractivity (Wildman–Crippen MR) is 83.3 cm³/mol. The van der Waals surface area contributed by atoms with E-state index >= 15 is 0 Å². The summed E-state index contributed by atoms with van der Waals surface area (Å²) in [5, 5.41) is 7.02. The van der Waals surface area contributed by atoms with Crippen molar-refractivity contribution in [1.29, 1.82) is 0 Å². The van der Waals surface area contributed by atoms with Crippen molar-refractivity contribution in [3.05, 3.63) is 47.1 Å². The number of thiazole rings is 1. The lowest BCUT2D eigenvalue weighted by Crippen LogP contribution is -2.11. The number of rotatable bonds is 4. The largest absolute Gasteiger partial charge is 0.496 e. The third-order valence-corrected chi connectivity index (χ3v) is 3.79. The number of carbonyl (C=O) groups excluding carboxylic acids is 1. The Morgan fingerprint density at radius 3 is 2.91 bits per heavy atom. The van der Waals surface area contributed by atoms with Gasteiger partial charge >= 0.3 is 0 Å². The van der Waals surface area contributed by atoms with Crippen molar-refractivity contribution in [1.82, 2.24) is 10.1 Å². The third-order valence-electron chi connectivity index (χ3n) is 2.96. The van der Waals surface area contributed by atoms with Crippen LogP contribution >= 0.6 is 11.3 Å². The van der Waals surface area contributed by atoms with Crippen LogP contribution in [0.5, 0.6) is 5.75 Å². The van der Waals surface area contributed by atoms with Gasteiger partial charge in [0.2, 0.25) is 0 Å². The number of para-hydroxylation sites is 1. The van der Waals surface area contributed by atoms with Gasteiger partial charge in [-0.3, -0.25) is 10.1 Å². The van der Waals surface area contributed by atoms with Crippen molar-refractivity contribution < 1.29 is 14.1 Å². The highest BCUT2D eigenvalue weighted by Crippen LogP contribution is 2.30. The summed E-state index contributed by atoms with van der Waals surface area (Å²) in [6.45, 7) is 1.92. The van der Waals surface area contributed by atoms with Gasteiger partial charge in [0.05, 0.1) is 12.7 Å². The molecule has 0 aliphatic carbocycles. The summed E-state index contributed by atoms with van der Waals surface area (Å²) < 4.78 is 10.5. The summed E-state index contributed by atoms with van der Waals surface area (Å²) in [5.74, 6) is 0.762. The van der Waals surface area contributed by atoms with Crippen LogP contribution in [-0.2, 0) is 0 Å². The molecule has 0 atom stereocenters. The minimum Gasteiger partial charge on any atom is -0.496 e. The highest BCUT2D eigenvalue weighted by Gasteiger charge is 2.17. The zero-order chi connectivity index (χ0) is 15.5. The SMILES string of the molecule is COc1ccccc1-c1cc(C(=O)Nc2ncc(C)s2)no1. The molecule has 22 heavy (non-hydrogen) atoms. The topological polar surface area (TPSA) is 77.2 Å². The Bertz CT molecular complexity index is 810. The summed E-state index contributed by atoms with van der Waals surface area (Å²) >= 11 is 1.40. The maximum Gasteiger partial charge on any atom is 0.279 e. The molecule has 1 N–H and O–H groups in total. The lowest BCUT2D eigenvalue weighted by molar-refractivity contribution is 0.101. The first-order valence-electron chi connectivity index (χ1n) is 6.51. The third kappa shape index (κ3) is 2.84.